The Morgan fingerprint density at radius 1 is 0.893 bits per heavy atom. The second-order valence-corrected chi connectivity index (χ2v) is 6.06. The van der Waals surface area contributed by atoms with Gasteiger partial charge in [0, 0.05) is 6.54 Å². The topological polar surface area (TPSA) is 96.3 Å². The van der Waals surface area contributed by atoms with Crippen LogP contribution >= 0.6 is 0 Å². The summed E-state index contributed by atoms with van der Waals surface area (Å²) in [6.45, 7) is 2.84. The van der Waals surface area contributed by atoms with Crippen LogP contribution in [-0.2, 0) is 16.1 Å². The monoisotopic (exact) mass is 389 g/mol. The summed E-state index contributed by atoms with van der Waals surface area (Å²) in [5, 5.41) is 14.8. The minimum absolute atomic E-state index is 0.755. The summed E-state index contributed by atoms with van der Waals surface area (Å²) in [4.78, 5) is 20.5. The molecule has 0 aliphatic heterocycles. The molecule has 2 N–H and O–H groups in total. The predicted octanol–water partition coefficient (Wildman–Crippen LogP) is 3.14. The van der Waals surface area contributed by atoms with Crippen molar-refractivity contribution in [2.24, 2.45) is 0 Å². The molecule has 0 unspecified atom stereocenters. The molecule has 0 spiro atoms. The summed E-state index contributed by atoms with van der Waals surface area (Å²) >= 11 is 0. The molecule has 0 aliphatic rings. The highest BCUT2D eigenvalue weighted by atomic mass is 16.5. The molecule has 0 bridgehead atoms. The molecule has 2 aromatic rings. The quantitative estimate of drug-likeness (QED) is 0.502. The number of nitrogens with zero attached hydrogens (tertiary/aromatic N) is 1. The number of benzene rings is 2. The minimum atomic E-state index is -1.82. The molecule has 0 saturated carbocycles. The number of unbranched alkanes of at least 4 members (excludes halogenated alkanes) is 1. The van der Waals surface area contributed by atoms with Crippen molar-refractivity contribution in [1.29, 1.82) is 0 Å². The van der Waals surface area contributed by atoms with Gasteiger partial charge in [-0.2, -0.15) is 0 Å². The van der Waals surface area contributed by atoms with E-state index >= 15 is 0 Å². The van der Waals surface area contributed by atoms with E-state index in [0.29, 0.717) is 0 Å². The molecule has 0 heterocycles. The second kappa shape index (κ2) is 13.2. The molecule has 0 atom stereocenters. The highest BCUT2D eigenvalue weighted by Crippen LogP contribution is 2.17. The van der Waals surface area contributed by atoms with Crippen LogP contribution in [0, 0.1) is 0 Å². The van der Waals surface area contributed by atoms with E-state index in [0.717, 1.165) is 44.0 Å². The summed E-state index contributed by atoms with van der Waals surface area (Å²) < 4.78 is 10.9. The van der Waals surface area contributed by atoms with Crippen LogP contribution in [0.25, 0.3) is 0 Å². The first-order valence-corrected chi connectivity index (χ1v) is 8.88. The van der Waals surface area contributed by atoms with Gasteiger partial charge in [0.1, 0.15) is 11.5 Å². The van der Waals surface area contributed by atoms with Gasteiger partial charge in [-0.05, 0) is 56.3 Å². The lowest BCUT2D eigenvalue weighted by atomic mass is 10.2. The van der Waals surface area contributed by atoms with Crippen LogP contribution in [0.5, 0.6) is 11.5 Å². The van der Waals surface area contributed by atoms with E-state index in [4.69, 9.17) is 29.3 Å². The number of ether oxygens (including phenoxy) is 2. The fourth-order valence-electron chi connectivity index (χ4n) is 2.32. The standard InChI is InChI=1S/C19H25NO2.C2H2O4/c1-20(16-17-8-4-3-5-9-17)14-6-7-15-22-19-12-10-18(21-2)11-13-19;3-1(4)2(5)6/h3-5,8-13H,6-7,14-16H2,1-2H3;(H,3,4)(H,5,6). The molecular weight excluding hydrogens is 362 g/mol. The number of hydrogen-bond donors (Lipinski definition) is 2. The normalized spacial score (nSPS) is 9.96. The van der Waals surface area contributed by atoms with E-state index in [2.05, 4.69) is 42.3 Å². The van der Waals surface area contributed by atoms with Crippen molar-refractivity contribution in [2.75, 3.05) is 27.3 Å². The number of hydrogen-bond acceptors (Lipinski definition) is 5. The molecule has 0 radical (unpaired) electrons. The van der Waals surface area contributed by atoms with Gasteiger partial charge in [0.25, 0.3) is 0 Å². The fourth-order valence-corrected chi connectivity index (χ4v) is 2.32. The van der Waals surface area contributed by atoms with Crippen LogP contribution in [0.3, 0.4) is 0 Å². The van der Waals surface area contributed by atoms with Crippen molar-refractivity contribution in [1.82, 2.24) is 4.90 Å². The first-order valence-electron chi connectivity index (χ1n) is 8.88. The Kier molecular flexibility index (Phi) is 10.8. The van der Waals surface area contributed by atoms with E-state index in [1.54, 1.807) is 7.11 Å². The van der Waals surface area contributed by atoms with Crippen molar-refractivity contribution in [2.45, 2.75) is 19.4 Å². The zero-order chi connectivity index (χ0) is 20.8. The van der Waals surface area contributed by atoms with E-state index in [1.807, 2.05) is 24.3 Å². The summed E-state index contributed by atoms with van der Waals surface area (Å²) in [7, 11) is 3.83. The van der Waals surface area contributed by atoms with Crippen LogP contribution < -0.4 is 9.47 Å². The van der Waals surface area contributed by atoms with Crippen molar-refractivity contribution in [3.05, 3.63) is 60.2 Å². The highest BCUT2D eigenvalue weighted by Gasteiger charge is 2.04. The molecule has 28 heavy (non-hydrogen) atoms. The molecule has 2 aromatic carbocycles. The third-order valence-electron chi connectivity index (χ3n) is 3.74. The molecule has 0 fully saturated rings. The Morgan fingerprint density at radius 3 is 2.00 bits per heavy atom. The molecular formula is C21H27NO6. The predicted molar refractivity (Wildman–Crippen MR) is 106 cm³/mol. The van der Waals surface area contributed by atoms with Crippen molar-refractivity contribution in [3.8, 4) is 11.5 Å². The molecule has 0 saturated heterocycles. The van der Waals surface area contributed by atoms with Gasteiger partial charge >= 0.3 is 11.9 Å². The van der Waals surface area contributed by atoms with Gasteiger partial charge in [-0.3, -0.25) is 0 Å². The maximum absolute atomic E-state index is 9.10. The first kappa shape index (κ1) is 23.0. The van der Waals surface area contributed by atoms with Gasteiger partial charge < -0.3 is 24.6 Å². The average molecular weight is 389 g/mol. The average Bonchev–Trinajstić information content (AvgIpc) is 2.69. The zero-order valence-electron chi connectivity index (χ0n) is 16.2. The van der Waals surface area contributed by atoms with Crippen LogP contribution in [0.15, 0.2) is 54.6 Å². The van der Waals surface area contributed by atoms with Crippen molar-refractivity contribution < 1.29 is 29.3 Å². The van der Waals surface area contributed by atoms with Gasteiger partial charge in [0.2, 0.25) is 0 Å². The van der Waals surface area contributed by atoms with Crippen LogP contribution in [-0.4, -0.2) is 54.4 Å². The van der Waals surface area contributed by atoms with E-state index < -0.39 is 11.9 Å². The molecule has 7 nitrogen and oxygen atoms in total. The van der Waals surface area contributed by atoms with Crippen LogP contribution in [0.2, 0.25) is 0 Å². The number of rotatable bonds is 9. The summed E-state index contributed by atoms with van der Waals surface area (Å²) in [5.41, 5.74) is 1.36. The maximum Gasteiger partial charge on any atom is 0.414 e. The Bertz CT molecular complexity index is 691. The Labute approximate surface area is 165 Å². The number of carboxylic acids is 2. The number of carboxylic acid groups (broad SMARTS) is 2. The van der Waals surface area contributed by atoms with Crippen LogP contribution in [0.4, 0.5) is 0 Å². The van der Waals surface area contributed by atoms with Crippen molar-refractivity contribution >= 4 is 11.9 Å². The van der Waals surface area contributed by atoms with E-state index in [-0.39, 0.29) is 0 Å². The van der Waals surface area contributed by atoms with Gasteiger partial charge in [0.15, 0.2) is 0 Å². The van der Waals surface area contributed by atoms with E-state index in [9.17, 15) is 0 Å². The summed E-state index contributed by atoms with van der Waals surface area (Å²) in [6.07, 6.45) is 2.20. The maximum atomic E-state index is 9.10. The SMILES string of the molecule is COc1ccc(OCCCCN(C)Cc2ccccc2)cc1.O=C(O)C(=O)O. The Morgan fingerprint density at radius 2 is 1.46 bits per heavy atom. The summed E-state index contributed by atoms with van der Waals surface area (Å²) in [6, 6.07) is 18.3. The number of methoxy groups -OCH3 is 1. The van der Waals surface area contributed by atoms with Gasteiger partial charge in [-0.15, -0.1) is 0 Å². The fraction of sp³-hybridized carbons (Fsp3) is 0.333. The third kappa shape index (κ3) is 10.2. The largest absolute Gasteiger partial charge is 0.497 e. The van der Waals surface area contributed by atoms with Gasteiger partial charge in [0.05, 0.1) is 13.7 Å². The molecule has 152 valence electrons. The summed E-state index contributed by atoms with van der Waals surface area (Å²) in [5.74, 6) is -1.89. The lowest BCUT2D eigenvalue weighted by Crippen LogP contribution is -2.19. The smallest absolute Gasteiger partial charge is 0.414 e. The van der Waals surface area contributed by atoms with Crippen molar-refractivity contribution in [3.63, 3.8) is 0 Å². The van der Waals surface area contributed by atoms with Gasteiger partial charge in [-0.1, -0.05) is 30.3 Å². The lowest BCUT2D eigenvalue weighted by molar-refractivity contribution is -0.159. The second-order valence-electron chi connectivity index (χ2n) is 6.06. The number of aliphatic carboxylic acids is 2. The molecule has 0 aromatic heterocycles. The van der Waals surface area contributed by atoms with Crippen LogP contribution in [0.1, 0.15) is 18.4 Å². The minimum Gasteiger partial charge on any atom is -0.497 e. The molecule has 0 aliphatic carbocycles. The Hall–Kier alpha value is -3.06. The molecule has 0 amide bonds. The number of carbonyl (C=O) groups is 2. The first-order chi connectivity index (χ1) is 13.4. The highest BCUT2D eigenvalue weighted by molar-refractivity contribution is 6.27. The Balaban J connectivity index is 0.000000568. The van der Waals surface area contributed by atoms with E-state index in [1.165, 1.54) is 5.56 Å². The zero-order valence-corrected chi connectivity index (χ0v) is 16.2. The molecule has 2 rings (SSSR count). The molecule has 7 heteroatoms. The third-order valence-corrected chi connectivity index (χ3v) is 3.74. The van der Waals surface area contributed by atoms with Gasteiger partial charge in [-0.25, -0.2) is 9.59 Å². The lowest BCUT2D eigenvalue weighted by Gasteiger charge is -2.16.